The maximum Gasteiger partial charge on any atom is 3.00 e. The summed E-state index contributed by atoms with van der Waals surface area (Å²) in [5, 5.41) is 8.15. The zero-order chi connectivity index (χ0) is 27.1. The van der Waals surface area contributed by atoms with E-state index in [4.69, 9.17) is 18.9 Å². The van der Waals surface area contributed by atoms with E-state index in [1.807, 2.05) is 37.3 Å². The van der Waals surface area contributed by atoms with Crippen LogP contribution >= 0.6 is 0 Å². The average molecular weight is 719 g/mol. The van der Waals surface area contributed by atoms with E-state index >= 15 is 0 Å². The number of ether oxygens (including phenoxy) is 4. The fraction of sp³-hybridized carbons (Fsp3) is 0.0323. The summed E-state index contributed by atoms with van der Waals surface area (Å²) < 4.78 is 23.5. The molecule has 0 spiro atoms. The number of benzene rings is 2. The van der Waals surface area contributed by atoms with Crippen LogP contribution in [0, 0.1) is 19.1 Å². The zero-order valence-electron chi connectivity index (χ0n) is 21.5. The van der Waals surface area contributed by atoms with Gasteiger partial charge in [0.15, 0.2) is 0 Å². The molecule has 202 valence electrons. The van der Waals surface area contributed by atoms with Gasteiger partial charge in [-0.15, -0.1) is 24.3 Å². The first kappa shape index (κ1) is 27.5. The first-order valence-electron chi connectivity index (χ1n) is 12.2. The smallest absolute Gasteiger partial charge is 0.574 e. The molecule has 0 saturated heterocycles. The van der Waals surface area contributed by atoms with Gasteiger partial charge in [0.25, 0.3) is 0 Å². The van der Waals surface area contributed by atoms with E-state index in [2.05, 4.69) is 37.3 Å². The van der Waals surface area contributed by atoms with Crippen molar-refractivity contribution in [2.75, 3.05) is 0 Å². The van der Waals surface area contributed by atoms with Crippen molar-refractivity contribution in [2.24, 2.45) is 0 Å². The van der Waals surface area contributed by atoms with Gasteiger partial charge in [0.1, 0.15) is 0 Å². The predicted molar refractivity (Wildman–Crippen MR) is 145 cm³/mol. The number of aromatic nitrogens is 5. The molecule has 0 atom stereocenters. The Bertz CT molecular complexity index is 1750. The summed E-state index contributed by atoms with van der Waals surface area (Å²) in [6.07, 6.45) is 1.65. The van der Waals surface area contributed by atoms with E-state index in [0.29, 0.717) is 57.9 Å². The van der Waals surface area contributed by atoms with Crippen LogP contribution in [0.3, 0.4) is 0 Å². The Kier molecular flexibility index (Phi) is 8.64. The molecule has 9 nitrogen and oxygen atoms in total. The van der Waals surface area contributed by atoms with Gasteiger partial charge in [-0.05, 0) is 19.1 Å². The fourth-order valence-electron chi connectivity index (χ4n) is 3.59. The van der Waals surface area contributed by atoms with E-state index in [9.17, 15) is 0 Å². The van der Waals surface area contributed by atoms with Crippen molar-refractivity contribution in [3.63, 3.8) is 0 Å². The first-order valence-corrected chi connectivity index (χ1v) is 12.2. The number of rotatable bonds is 9. The van der Waals surface area contributed by atoms with Crippen LogP contribution in [0.2, 0.25) is 0 Å². The molecule has 41 heavy (non-hydrogen) atoms. The Hall–Kier alpha value is -5.05. The molecule has 0 amide bonds. The van der Waals surface area contributed by atoms with Crippen LogP contribution in [-0.2, 0) is 20.1 Å². The molecule has 0 saturated carbocycles. The van der Waals surface area contributed by atoms with Crippen molar-refractivity contribution in [2.45, 2.75) is 6.92 Å². The van der Waals surface area contributed by atoms with Crippen molar-refractivity contribution in [1.82, 2.24) is 25.1 Å². The molecule has 0 radical (unpaired) electrons. The quantitative estimate of drug-likeness (QED) is 0.147. The SMILES string of the molecule is Cc1cc(-c2cccc(Oc3[c-]c(Oc4cccc(Oc5[c-]c(Oc6ccccn6)ccc5)n4)ccc3)n2)[n-]n1.[Ir+3]. The van der Waals surface area contributed by atoms with Crippen LogP contribution in [-0.4, -0.2) is 20.1 Å². The average Bonchev–Trinajstić information content (AvgIpc) is 3.41. The van der Waals surface area contributed by atoms with Gasteiger partial charge in [0.2, 0.25) is 23.5 Å². The predicted octanol–water partition coefficient (Wildman–Crippen LogP) is 6.97. The second-order valence-electron chi connectivity index (χ2n) is 8.38. The number of aryl methyl sites for hydroxylation is 1. The minimum absolute atomic E-state index is 0. The third-order valence-electron chi connectivity index (χ3n) is 5.32. The number of hydrogen-bond donors (Lipinski definition) is 0. The zero-order valence-corrected chi connectivity index (χ0v) is 23.9. The molecule has 0 aliphatic heterocycles. The first-order chi connectivity index (χ1) is 19.7. The summed E-state index contributed by atoms with van der Waals surface area (Å²) in [5.41, 5.74) is 2.17. The molecule has 0 fully saturated rings. The maximum atomic E-state index is 5.93. The minimum Gasteiger partial charge on any atom is -0.574 e. The summed E-state index contributed by atoms with van der Waals surface area (Å²) in [4.78, 5) is 13.1. The minimum atomic E-state index is 0. The summed E-state index contributed by atoms with van der Waals surface area (Å²) in [7, 11) is 0. The molecule has 0 aliphatic rings. The largest absolute Gasteiger partial charge is 3.00 e. The molecule has 0 unspecified atom stereocenters. The van der Waals surface area contributed by atoms with E-state index in [0.717, 1.165) is 5.69 Å². The van der Waals surface area contributed by atoms with Crippen LogP contribution in [0.5, 0.6) is 46.5 Å². The van der Waals surface area contributed by atoms with Gasteiger partial charge in [-0.1, -0.05) is 42.1 Å². The fourth-order valence-corrected chi connectivity index (χ4v) is 3.59. The van der Waals surface area contributed by atoms with Crippen LogP contribution in [0.1, 0.15) is 5.69 Å². The van der Waals surface area contributed by atoms with Gasteiger partial charge in [-0.25, -0.2) is 9.97 Å². The van der Waals surface area contributed by atoms with Crippen molar-refractivity contribution < 1.29 is 39.1 Å². The monoisotopic (exact) mass is 719 g/mol. The van der Waals surface area contributed by atoms with E-state index in [1.54, 1.807) is 72.9 Å². The Morgan fingerprint density at radius 1 is 0.585 bits per heavy atom. The standard InChI is InChI=1S/C31H20N5O4.Ir/c1-21-18-27(36-35-21)26-12-6-14-29(33-26)38-23-9-5-11-25(20-23)40-31-16-7-15-30(34-31)39-24-10-4-8-22(19-24)37-28-13-2-3-17-32-28;/h2-18H,1H3;/q-3;+3. The Balaban J connectivity index is 0.00000337. The van der Waals surface area contributed by atoms with Crippen molar-refractivity contribution in [3.05, 3.63) is 121 Å². The normalized spacial score (nSPS) is 10.4. The second kappa shape index (κ2) is 12.9. The summed E-state index contributed by atoms with van der Waals surface area (Å²) in [5.74, 6) is 3.23. The summed E-state index contributed by atoms with van der Waals surface area (Å²) in [6, 6.07) is 34.7. The van der Waals surface area contributed by atoms with Gasteiger partial charge < -0.3 is 29.1 Å². The molecular formula is C31H20IrN5O4. The maximum absolute atomic E-state index is 5.93. The van der Waals surface area contributed by atoms with Crippen molar-refractivity contribution >= 4 is 0 Å². The van der Waals surface area contributed by atoms with Gasteiger partial charge in [-0.3, -0.25) is 0 Å². The van der Waals surface area contributed by atoms with Gasteiger partial charge >= 0.3 is 20.1 Å². The van der Waals surface area contributed by atoms with Crippen molar-refractivity contribution in [3.8, 4) is 57.9 Å². The van der Waals surface area contributed by atoms with E-state index < -0.39 is 0 Å². The van der Waals surface area contributed by atoms with Crippen LogP contribution < -0.4 is 24.0 Å². The Morgan fingerprint density at radius 2 is 1.10 bits per heavy atom. The van der Waals surface area contributed by atoms with Crippen LogP contribution in [0.15, 0.2) is 103 Å². The summed E-state index contributed by atoms with van der Waals surface area (Å²) in [6.45, 7) is 1.88. The number of nitrogens with zero attached hydrogens (tertiary/aromatic N) is 5. The molecule has 10 heteroatoms. The van der Waals surface area contributed by atoms with Gasteiger partial charge in [0.05, 0.1) is 5.69 Å². The Morgan fingerprint density at radius 3 is 1.63 bits per heavy atom. The van der Waals surface area contributed by atoms with Gasteiger partial charge in [0, 0.05) is 59.2 Å². The molecule has 0 bridgehead atoms. The molecule has 0 aliphatic carbocycles. The molecule has 6 aromatic rings. The topological polar surface area (TPSA) is 103 Å². The number of pyridine rings is 3. The molecular weight excluding hydrogens is 699 g/mol. The molecule has 4 aromatic heterocycles. The Labute approximate surface area is 249 Å². The van der Waals surface area contributed by atoms with E-state index in [1.165, 1.54) is 0 Å². The van der Waals surface area contributed by atoms with Gasteiger partial charge in [-0.2, -0.15) is 17.1 Å². The molecule has 6 rings (SSSR count). The third-order valence-corrected chi connectivity index (χ3v) is 5.32. The van der Waals surface area contributed by atoms with Crippen molar-refractivity contribution in [1.29, 1.82) is 0 Å². The molecule has 4 heterocycles. The van der Waals surface area contributed by atoms with E-state index in [-0.39, 0.29) is 20.1 Å². The van der Waals surface area contributed by atoms with Crippen LogP contribution in [0.4, 0.5) is 0 Å². The second-order valence-corrected chi connectivity index (χ2v) is 8.38. The number of hydrogen-bond acceptors (Lipinski definition) is 8. The summed E-state index contributed by atoms with van der Waals surface area (Å²) >= 11 is 0. The molecule has 0 N–H and O–H groups in total. The van der Waals surface area contributed by atoms with Crippen LogP contribution in [0.25, 0.3) is 11.4 Å². The third kappa shape index (κ3) is 7.33. The molecule has 2 aromatic carbocycles.